The van der Waals surface area contributed by atoms with Gasteiger partial charge in [-0.05, 0) is 42.8 Å². The fourth-order valence-electron chi connectivity index (χ4n) is 3.17. The van der Waals surface area contributed by atoms with Crippen LogP contribution in [0.4, 0.5) is 0 Å². The Hall–Kier alpha value is -1.66. The number of benzene rings is 1. The van der Waals surface area contributed by atoms with E-state index in [0.29, 0.717) is 6.54 Å². The van der Waals surface area contributed by atoms with Crippen molar-refractivity contribution in [3.8, 4) is 0 Å². The second kappa shape index (κ2) is 8.15. The largest absolute Gasteiger partial charge is 0.349 e. The average molecular weight is 421 g/mol. The van der Waals surface area contributed by atoms with Crippen LogP contribution in [0.25, 0.3) is 0 Å². The summed E-state index contributed by atoms with van der Waals surface area (Å²) in [6, 6.07) is 11.5. The van der Waals surface area contributed by atoms with Gasteiger partial charge in [-0.15, -0.1) is 11.3 Å². The van der Waals surface area contributed by atoms with Gasteiger partial charge in [0.1, 0.15) is 0 Å². The molecular weight excluding hydrogens is 400 g/mol. The van der Waals surface area contributed by atoms with Crippen LogP contribution in [0.3, 0.4) is 0 Å². The van der Waals surface area contributed by atoms with Crippen LogP contribution >= 0.6 is 27.3 Å². The molecule has 0 saturated carbocycles. The van der Waals surface area contributed by atoms with Crippen LogP contribution < -0.4 is 5.32 Å². The van der Waals surface area contributed by atoms with Crippen molar-refractivity contribution in [2.45, 2.75) is 25.8 Å². The van der Waals surface area contributed by atoms with E-state index in [2.05, 4.69) is 21.2 Å². The van der Waals surface area contributed by atoms with Gasteiger partial charge in [0.15, 0.2) is 0 Å². The number of halogens is 1. The highest BCUT2D eigenvalue weighted by atomic mass is 79.9. The first kappa shape index (κ1) is 18.1. The Bertz CT molecular complexity index is 748. The monoisotopic (exact) mass is 420 g/mol. The van der Waals surface area contributed by atoms with Crippen LogP contribution in [0.2, 0.25) is 0 Å². The molecule has 2 amide bonds. The summed E-state index contributed by atoms with van der Waals surface area (Å²) in [6.45, 7) is 3.20. The van der Waals surface area contributed by atoms with E-state index in [1.54, 1.807) is 0 Å². The SMILES string of the molecule is C[C@H](NC(=O)[C@H]1CCCN(C(=O)c2cccs2)C1)c1ccccc1Br. The maximum atomic E-state index is 12.7. The van der Waals surface area contributed by atoms with Gasteiger partial charge in [0.25, 0.3) is 5.91 Å². The number of carbonyl (C=O) groups excluding carboxylic acids is 2. The lowest BCUT2D eigenvalue weighted by Crippen LogP contribution is -2.45. The molecule has 6 heteroatoms. The van der Waals surface area contributed by atoms with Crippen molar-refractivity contribution in [2.75, 3.05) is 13.1 Å². The molecule has 0 unspecified atom stereocenters. The number of carbonyl (C=O) groups is 2. The predicted molar refractivity (Wildman–Crippen MR) is 104 cm³/mol. The maximum absolute atomic E-state index is 12.7. The molecule has 1 aliphatic heterocycles. The smallest absolute Gasteiger partial charge is 0.263 e. The summed E-state index contributed by atoms with van der Waals surface area (Å²) in [7, 11) is 0. The van der Waals surface area contributed by atoms with Gasteiger partial charge in [-0.3, -0.25) is 9.59 Å². The molecule has 132 valence electrons. The molecule has 2 heterocycles. The summed E-state index contributed by atoms with van der Waals surface area (Å²) in [5.74, 6) is -0.0964. The zero-order valence-corrected chi connectivity index (χ0v) is 16.5. The van der Waals surface area contributed by atoms with Crippen molar-refractivity contribution in [1.82, 2.24) is 10.2 Å². The lowest BCUT2D eigenvalue weighted by molar-refractivity contribution is -0.127. The Morgan fingerprint density at radius 3 is 2.80 bits per heavy atom. The van der Waals surface area contributed by atoms with E-state index in [1.807, 2.05) is 53.6 Å². The summed E-state index contributed by atoms with van der Waals surface area (Å²) in [4.78, 5) is 27.7. The minimum Gasteiger partial charge on any atom is -0.349 e. The number of hydrogen-bond acceptors (Lipinski definition) is 3. The fourth-order valence-corrected chi connectivity index (χ4v) is 4.49. The van der Waals surface area contributed by atoms with E-state index >= 15 is 0 Å². The first-order valence-electron chi connectivity index (χ1n) is 8.44. The zero-order valence-electron chi connectivity index (χ0n) is 14.1. The highest BCUT2D eigenvalue weighted by Crippen LogP contribution is 2.25. The third kappa shape index (κ3) is 4.30. The second-order valence-electron chi connectivity index (χ2n) is 6.32. The summed E-state index contributed by atoms with van der Waals surface area (Å²) in [5, 5.41) is 5.00. The highest BCUT2D eigenvalue weighted by molar-refractivity contribution is 9.10. The Kier molecular flexibility index (Phi) is 5.91. The quantitative estimate of drug-likeness (QED) is 0.803. The van der Waals surface area contributed by atoms with Gasteiger partial charge >= 0.3 is 0 Å². The number of piperidine rings is 1. The van der Waals surface area contributed by atoms with Crippen molar-refractivity contribution in [2.24, 2.45) is 5.92 Å². The Morgan fingerprint density at radius 1 is 1.28 bits per heavy atom. The minimum atomic E-state index is -0.150. The molecule has 1 aromatic heterocycles. The first-order chi connectivity index (χ1) is 12.1. The highest BCUT2D eigenvalue weighted by Gasteiger charge is 2.30. The van der Waals surface area contributed by atoms with Gasteiger partial charge in [0.2, 0.25) is 5.91 Å². The molecule has 0 aliphatic carbocycles. The lowest BCUT2D eigenvalue weighted by atomic mass is 9.96. The summed E-state index contributed by atoms with van der Waals surface area (Å²) in [6.07, 6.45) is 1.68. The number of nitrogens with one attached hydrogen (secondary N) is 1. The predicted octanol–water partition coefficient (Wildman–Crippen LogP) is 4.24. The van der Waals surface area contributed by atoms with Crippen molar-refractivity contribution in [3.63, 3.8) is 0 Å². The minimum absolute atomic E-state index is 0.0203. The number of nitrogens with zero attached hydrogens (tertiary/aromatic N) is 1. The maximum Gasteiger partial charge on any atom is 0.263 e. The zero-order chi connectivity index (χ0) is 17.8. The van der Waals surface area contributed by atoms with Crippen LogP contribution in [-0.2, 0) is 4.79 Å². The summed E-state index contributed by atoms with van der Waals surface area (Å²) >= 11 is 4.98. The van der Waals surface area contributed by atoms with Gasteiger partial charge in [-0.2, -0.15) is 0 Å². The van der Waals surface area contributed by atoms with Crippen LogP contribution in [0.5, 0.6) is 0 Å². The van der Waals surface area contributed by atoms with Crippen molar-refractivity contribution in [1.29, 1.82) is 0 Å². The van der Waals surface area contributed by atoms with Crippen molar-refractivity contribution >= 4 is 39.1 Å². The molecule has 1 N–H and O–H groups in total. The van der Waals surface area contributed by atoms with Crippen LogP contribution in [0, 0.1) is 5.92 Å². The van der Waals surface area contributed by atoms with Crippen molar-refractivity contribution in [3.05, 3.63) is 56.7 Å². The van der Waals surface area contributed by atoms with Crippen molar-refractivity contribution < 1.29 is 9.59 Å². The number of likely N-dealkylation sites (tertiary alicyclic amines) is 1. The molecule has 2 atom stereocenters. The summed E-state index contributed by atoms with van der Waals surface area (Å²) in [5.41, 5.74) is 1.05. The molecule has 1 saturated heterocycles. The van der Waals surface area contributed by atoms with Gasteiger partial charge in [0.05, 0.1) is 16.8 Å². The third-order valence-corrected chi connectivity index (χ3v) is 6.12. The van der Waals surface area contributed by atoms with E-state index in [-0.39, 0.29) is 23.8 Å². The Labute approximate surface area is 160 Å². The number of rotatable bonds is 4. The fraction of sp³-hybridized carbons (Fsp3) is 0.368. The average Bonchev–Trinajstić information content (AvgIpc) is 3.16. The first-order valence-corrected chi connectivity index (χ1v) is 10.1. The molecule has 4 nitrogen and oxygen atoms in total. The Morgan fingerprint density at radius 2 is 2.08 bits per heavy atom. The second-order valence-corrected chi connectivity index (χ2v) is 8.12. The van der Waals surface area contributed by atoms with E-state index in [9.17, 15) is 9.59 Å². The number of thiophene rings is 1. The number of amides is 2. The van der Waals surface area contributed by atoms with Gasteiger partial charge in [-0.1, -0.05) is 40.2 Å². The van der Waals surface area contributed by atoms with Gasteiger partial charge in [-0.25, -0.2) is 0 Å². The molecule has 0 spiro atoms. The Balaban J connectivity index is 1.62. The topological polar surface area (TPSA) is 49.4 Å². The lowest BCUT2D eigenvalue weighted by Gasteiger charge is -2.32. The van der Waals surface area contributed by atoms with Crippen LogP contribution in [-0.4, -0.2) is 29.8 Å². The van der Waals surface area contributed by atoms with Crippen LogP contribution in [0.1, 0.15) is 41.0 Å². The molecule has 0 bridgehead atoms. The van der Waals surface area contributed by atoms with E-state index in [0.717, 1.165) is 34.3 Å². The molecule has 25 heavy (non-hydrogen) atoms. The number of hydrogen-bond donors (Lipinski definition) is 1. The molecule has 2 aromatic rings. The standard InChI is InChI=1S/C19H21BrN2O2S/c1-13(15-7-2-3-8-16(15)20)21-18(23)14-6-4-10-22(12-14)19(24)17-9-5-11-25-17/h2-3,5,7-9,11,13-14H,4,6,10,12H2,1H3,(H,21,23)/t13-,14-/m0/s1. The molecule has 0 radical (unpaired) electrons. The molecule has 1 fully saturated rings. The van der Waals surface area contributed by atoms with E-state index in [4.69, 9.17) is 0 Å². The molecule has 1 aliphatic rings. The van der Waals surface area contributed by atoms with Crippen LogP contribution in [0.15, 0.2) is 46.3 Å². The van der Waals surface area contributed by atoms with E-state index in [1.165, 1.54) is 11.3 Å². The molecular formula is C19H21BrN2O2S. The molecule has 3 rings (SSSR count). The molecule has 1 aromatic carbocycles. The normalized spacial score (nSPS) is 18.6. The van der Waals surface area contributed by atoms with Gasteiger partial charge in [0, 0.05) is 17.6 Å². The summed E-state index contributed by atoms with van der Waals surface area (Å²) < 4.78 is 0.987. The van der Waals surface area contributed by atoms with Gasteiger partial charge < -0.3 is 10.2 Å². The van der Waals surface area contributed by atoms with E-state index < -0.39 is 0 Å². The third-order valence-electron chi connectivity index (χ3n) is 4.54.